The van der Waals surface area contributed by atoms with Gasteiger partial charge in [0.15, 0.2) is 23.0 Å². The summed E-state index contributed by atoms with van der Waals surface area (Å²) < 4.78 is 22.0. The average Bonchev–Trinajstić information content (AvgIpc) is 2.98. The molecule has 0 aliphatic carbocycles. The minimum atomic E-state index is -0.273. The van der Waals surface area contributed by atoms with Crippen LogP contribution in [-0.4, -0.2) is 31.2 Å². The molecular weight excluding hydrogens is 354 g/mol. The Bertz CT molecular complexity index is 826. The fourth-order valence-electron chi connectivity index (χ4n) is 2.69. The number of hydrogen-bond donors (Lipinski definition) is 1. The van der Waals surface area contributed by atoms with Gasteiger partial charge in [-0.25, -0.2) is 0 Å². The summed E-state index contributed by atoms with van der Waals surface area (Å²) in [6.45, 7) is 3.38. The van der Waals surface area contributed by atoms with Gasteiger partial charge >= 0.3 is 0 Å². The molecule has 0 saturated carbocycles. The smallest absolute Gasteiger partial charge is 0.237 e. The first-order chi connectivity index (χ1) is 12.7. The molecule has 2 heterocycles. The molecule has 1 atom stereocenters. The molecule has 1 amide bonds. The fraction of sp³-hybridized carbons (Fsp3) is 0.316. The van der Waals surface area contributed by atoms with Crippen LogP contribution in [0.1, 0.15) is 13.3 Å². The van der Waals surface area contributed by atoms with E-state index in [2.05, 4.69) is 5.32 Å². The zero-order chi connectivity index (χ0) is 17.9. The van der Waals surface area contributed by atoms with E-state index in [9.17, 15) is 4.79 Å². The Kier molecular flexibility index (Phi) is 4.79. The SMILES string of the molecule is CC(Sc1ccc2c(c1)OCCCO2)C(=O)Nc1ccc2c(c1)OCO2. The number of anilines is 1. The van der Waals surface area contributed by atoms with Crippen molar-refractivity contribution in [2.24, 2.45) is 0 Å². The molecule has 1 N–H and O–H groups in total. The van der Waals surface area contributed by atoms with Gasteiger partial charge in [-0.3, -0.25) is 4.79 Å². The summed E-state index contributed by atoms with van der Waals surface area (Å²) in [4.78, 5) is 13.5. The second-order valence-corrected chi connectivity index (χ2v) is 7.39. The largest absolute Gasteiger partial charge is 0.490 e. The lowest BCUT2D eigenvalue weighted by Crippen LogP contribution is -2.22. The lowest BCUT2D eigenvalue weighted by molar-refractivity contribution is -0.115. The Hall–Kier alpha value is -2.54. The molecule has 0 fully saturated rings. The minimum Gasteiger partial charge on any atom is -0.490 e. The van der Waals surface area contributed by atoms with E-state index >= 15 is 0 Å². The molecule has 2 aromatic rings. The number of carbonyl (C=O) groups is 1. The van der Waals surface area contributed by atoms with Crippen molar-refractivity contribution in [2.45, 2.75) is 23.5 Å². The van der Waals surface area contributed by atoms with E-state index in [1.54, 1.807) is 18.2 Å². The molecule has 26 heavy (non-hydrogen) atoms. The minimum absolute atomic E-state index is 0.0824. The van der Waals surface area contributed by atoms with Crippen LogP contribution >= 0.6 is 11.8 Å². The number of nitrogens with one attached hydrogen (secondary N) is 1. The van der Waals surface area contributed by atoms with E-state index in [4.69, 9.17) is 18.9 Å². The van der Waals surface area contributed by atoms with Crippen LogP contribution in [0.2, 0.25) is 0 Å². The molecule has 2 aromatic carbocycles. The predicted octanol–water partition coefficient (Wildman–Crippen LogP) is 3.70. The Morgan fingerprint density at radius 2 is 1.65 bits per heavy atom. The van der Waals surface area contributed by atoms with E-state index in [0.29, 0.717) is 30.4 Å². The van der Waals surface area contributed by atoms with E-state index < -0.39 is 0 Å². The molecule has 136 valence electrons. The van der Waals surface area contributed by atoms with Crippen molar-refractivity contribution in [2.75, 3.05) is 25.3 Å². The summed E-state index contributed by atoms with van der Waals surface area (Å²) in [7, 11) is 0. The van der Waals surface area contributed by atoms with E-state index in [0.717, 1.165) is 22.8 Å². The number of hydrogen-bond acceptors (Lipinski definition) is 6. The Morgan fingerprint density at radius 1 is 0.962 bits per heavy atom. The van der Waals surface area contributed by atoms with Crippen molar-refractivity contribution in [3.8, 4) is 23.0 Å². The maximum Gasteiger partial charge on any atom is 0.237 e. The molecule has 1 unspecified atom stereocenters. The fourth-order valence-corrected chi connectivity index (χ4v) is 3.59. The zero-order valence-corrected chi connectivity index (χ0v) is 15.1. The second-order valence-electron chi connectivity index (χ2n) is 5.98. The van der Waals surface area contributed by atoms with Crippen LogP contribution in [-0.2, 0) is 4.79 Å². The van der Waals surface area contributed by atoms with E-state index in [-0.39, 0.29) is 18.0 Å². The van der Waals surface area contributed by atoms with Gasteiger partial charge < -0.3 is 24.3 Å². The summed E-state index contributed by atoms with van der Waals surface area (Å²) in [5, 5.41) is 2.64. The third-order valence-corrected chi connectivity index (χ3v) is 5.13. The summed E-state index contributed by atoms with van der Waals surface area (Å²) in [6, 6.07) is 11.1. The van der Waals surface area contributed by atoms with Gasteiger partial charge in [0.2, 0.25) is 12.7 Å². The van der Waals surface area contributed by atoms with E-state index in [1.807, 2.05) is 25.1 Å². The van der Waals surface area contributed by atoms with Crippen molar-refractivity contribution >= 4 is 23.4 Å². The molecule has 0 spiro atoms. The molecule has 2 aliphatic heterocycles. The summed E-state index contributed by atoms with van der Waals surface area (Å²) >= 11 is 1.47. The number of rotatable bonds is 4. The highest BCUT2D eigenvalue weighted by atomic mass is 32.2. The highest BCUT2D eigenvalue weighted by Crippen LogP contribution is 2.36. The number of benzene rings is 2. The lowest BCUT2D eigenvalue weighted by atomic mass is 10.2. The first-order valence-electron chi connectivity index (χ1n) is 8.46. The molecule has 6 nitrogen and oxygen atoms in total. The molecule has 2 aliphatic rings. The molecule has 0 saturated heterocycles. The number of fused-ring (bicyclic) bond motifs is 2. The summed E-state index contributed by atoms with van der Waals surface area (Å²) in [5.41, 5.74) is 0.686. The van der Waals surface area contributed by atoms with Crippen LogP contribution in [0.15, 0.2) is 41.3 Å². The number of amides is 1. The predicted molar refractivity (Wildman–Crippen MR) is 98.6 cm³/mol. The first kappa shape index (κ1) is 16.9. The number of thioether (sulfide) groups is 1. The lowest BCUT2D eigenvalue weighted by Gasteiger charge is -2.14. The van der Waals surface area contributed by atoms with Gasteiger partial charge in [0.25, 0.3) is 0 Å². The average molecular weight is 373 g/mol. The van der Waals surface area contributed by atoms with Crippen molar-refractivity contribution in [3.05, 3.63) is 36.4 Å². The van der Waals surface area contributed by atoms with Gasteiger partial charge in [-0.15, -0.1) is 11.8 Å². The highest BCUT2D eigenvalue weighted by molar-refractivity contribution is 8.00. The second kappa shape index (κ2) is 7.37. The first-order valence-corrected chi connectivity index (χ1v) is 9.34. The van der Waals surface area contributed by atoms with Gasteiger partial charge in [0, 0.05) is 23.1 Å². The van der Waals surface area contributed by atoms with Gasteiger partial charge in [0.05, 0.1) is 18.5 Å². The Balaban J connectivity index is 1.40. The highest BCUT2D eigenvalue weighted by Gasteiger charge is 2.19. The normalized spacial score (nSPS) is 15.9. The molecule has 0 aromatic heterocycles. The van der Waals surface area contributed by atoms with Crippen molar-refractivity contribution in [1.82, 2.24) is 0 Å². The topological polar surface area (TPSA) is 66.0 Å². The maximum atomic E-state index is 12.5. The van der Waals surface area contributed by atoms with Gasteiger partial charge in [-0.05, 0) is 37.3 Å². The third kappa shape index (κ3) is 3.67. The quantitative estimate of drug-likeness (QED) is 0.825. The van der Waals surface area contributed by atoms with Crippen LogP contribution in [0.25, 0.3) is 0 Å². The third-order valence-electron chi connectivity index (χ3n) is 4.04. The standard InChI is InChI=1S/C19H19NO5S/c1-12(19(21)20-13-3-5-16-17(9-13)25-11-24-16)26-14-4-6-15-18(10-14)23-8-2-7-22-15/h3-6,9-10,12H,2,7-8,11H2,1H3,(H,20,21). The number of ether oxygens (including phenoxy) is 4. The van der Waals surface area contributed by atoms with Crippen LogP contribution < -0.4 is 24.3 Å². The van der Waals surface area contributed by atoms with E-state index in [1.165, 1.54) is 11.8 Å². The maximum absolute atomic E-state index is 12.5. The van der Waals surface area contributed by atoms with Gasteiger partial charge in [0.1, 0.15) is 0 Å². The summed E-state index contributed by atoms with van der Waals surface area (Å²) in [5.74, 6) is 2.74. The van der Waals surface area contributed by atoms with Crippen LogP contribution in [0.5, 0.6) is 23.0 Å². The van der Waals surface area contributed by atoms with Crippen molar-refractivity contribution in [1.29, 1.82) is 0 Å². The van der Waals surface area contributed by atoms with Crippen LogP contribution in [0, 0.1) is 0 Å². The molecule has 7 heteroatoms. The van der Waals surface area contributed by atoms with Crippen LogP contribution in [0.3, 0.4) is 0 Å². The molecule has 0 bridgehead atoms. The van der Waals surface area contributed by atoms with Crippen molar-refractivity contribution < 1.29 is 23.7 Å². The number of carbonyl (C=O) groups excluding carboxylic acids is 1. The molecule has 0 radical (unpaired) electrons. The van der Waals surface area contributed by atoms with Crippen LogP contribution in [0.4, 0.5) is 5.69 Å². The Labute approximate surface area is 155 Å². The summed E-state index contributed by atoms with van der Waals surface area (Å²) in [6.07, 6.45) is 0.867. The van der Waals surface area contributed by atoms with Gasteiger partial charge in [-0.2, -0.15) is 0 Å². The van der Waals surface area contributed by atoms with Gasteiger partial charge in [-0.1, -0.05) is 0 Å². The van der Waals surface area contributed by atoms with Crippen molar-refractivity contribution in [3.63, 3.8) is 0 Å². The Morgan fingerprint density at radius 3 is 2.54 bits per heavy atom. The molecule has 4 rings (SSSR count). The monoisotopic (exact) mass is 373 g/mol. The zero-order valence-electron chi connectivity index (χ0n) is 14.3. The molecular formula is C19H19NO5S.